The van der Waals surface area contributed by atoms with Gasteiger partial charge < -0.3 is 9.64 Å². The molecule has 5 rings (SSSR count). The van der Waals surface area contributed by atoms with Gasteiger partial charge in [-0.05, 0) is 61.4 Å². The van der Waals surface area contributed by atoms with Gasteiger partial charge in [0.05, 0.1) is 12.1 Å². The summed E-state index contributed by atoms with van der Waals surface area (Å²) in [6.07, 6.45) is 4.48. The van der Waals surface area contributed by atoms with E-state index in [9.17, 15) is 10.1 Å². The molecule has 1 saturated carbocycles. The number of hydrogen-bond acceptors (Lipinski definition) is 7. The van der Waals surface area contributed by atoms with Crippen LogP contribution >= 0.6 is 0 Å². The summed E-state index contributed by atoms with van der Waals surface area (Å²) < 4.78 is 7.40. The highest BCUT2D eigenvalue weighted by Gasteiger charge is 2.34. The molecule has 0 unspecified atom stereocenters. The third-order valence-corrected chi connectivity index (χ3v) is 7.57. The van der Waals surface area contributed by atoms with Gasteiger partial charge in [0.1, 0.15) is 23.0 Å². The zero-order chi connectivity index (χ0) is 25.2. The van der Waals surface area contributed by atoms with Crippen LogP contribution < -0.4 is 15.3 Å². The van der Waals surface area contributed by atoms with Crippen LogP contribution in [0.4, 0.5) is 5.82 Å². The van der Waals surface area contributed by atoms with Crippen molar-refractivity contribution in [2.24, 2.45) is 13.0 Å². The number of nitrogens with zero attached hydrogens (tertiary/aromatic N) is 6. The number of aromatic nitrogens is 3. The van der Waals surface area contributed by atoms with Crippen LogP contribution in [0, 0.1) is 17.2 Å². The first kappa shape index (κ1) is 24.3. The van der Waals surface area contributed by atoms with Crippen LogP contribution in [0.5, 0.6) is 5.75 Å². The van der Waals surface area contributed by atoms with Gasteiger partial charge in [0.25, 0.3) is 0 Å². The number of aryl methyl sites for hydroxylation is 1. The summed E-state index contributed by atoms with van der Waals surface area (Å²) in [7, 11) is 1.70. The molecule has 0 N–H and O–H groups in total. The summed E-state index contributed by atoms with van der Waals surface area (Å²) in [5, 5.41) is 9.42. The molecule has 0 bridgehead atoms. The van der Waals surface area contributed by atoms with Crippen LogP contribution in [-0.4, -0.2) is 51.2 Å². The Morgan fingerprint density at radius 1 is 1.03 bits per heavy atom. The molecule has 8 heteroatoms. The minimum absolute atomic E-state index is 0.185. The van der Waals surface area contributed by atoms with Crippen LogP contribution in [0.25, 0.3) is 11.0 Å². The van der Waals surface area contributed by atoms with Gasteiger partial charge in [0, 0.05) is 38.8 Å². The molecule has 0 radical (unpaired) electrons. The summed E-state index contributed by atoms with van der Waals surface area (Å²) in [6.45, 7) is 7.70. The second-order valence-electron chi connectivity index (χ2n) is 10.1. The van der Waals surface area contributed by atoms with Gasteiger partial charge in [-0.15, -0.1) is 0 Å². The number of ether oxygens (including phenoxy) is 1. The van der Waals surface area contributed by atoms with E-state index in [1.807, 2.05) is 0 Å². The van der Waals surface area contributed by atoms with Crippen molar-refractivity contribution >= 4 is 16.9 Å². The third kappa shape index (κ3) is 4.93. The number of nitriles is 1. The molecule has 0 spiro atoms. The predicted molar refractivity (Wildman–Crippen MR) is 140 cm³/mol. The molecule has 8 nitrogen and oxygen atoms in total. The number of benzene rings is 1. The Balaban J connectivity index is 1.39. The zero-order valence-electron chi connectivity index (χ0n) is 21.4. The van der Waals surface area contributed by atoms with Crippen molar-refractivity contribution in [1.29, 1.82) is 5.26 Å². The lowest BCUT2D eigenvalue weighted by atomic mass is 10.0. The van der Waals surface area contributed by atoms with Crippen molar-refractivity contribution in [2.75, 3.05) is 24.6 Å². The molecule has 2 aromatic heterocycles. The predicted octanol–water partition coefficient (Wildman–Crippen LogP) is 3.87. The summed E-state index contributed by atoms with van der Waals surface area (Å²) in [4.78, 5) is 26.5. The van der Waals surface area contributed by atoms with E-state index in [-0.39, 0.29) is 11.7 Å². The number of piperazine rings is 1. The highest BCUT2D eigenvalue weighted by Crippen LogP contribution is 2.31. The average Bonchev–Trinajstić information content (AvgIpc) is 3.74. The summed E-state index contributed by atoms with van der Waals surface area (Å²) in [6, 6.07) is 14.6. The Morgan fingerprint density at radius 2 is 1.78 bits per heavy atom. The van der Waals surface area contributed by atoms with Gasteiger partial charge in [0.2, 0.25) is 0 Å². The van der Waals surface area contributed by atoms with Crippen molar-refractivity contribution in [1.82, 2.24) is 19.4 Å². The summed E-state index contributed by atoms with van der Waals surface area (Å²) >= 11 is 0. The van der Waals surface area contributed by atoms with E-state index in [2.05, 4.69) is 63.9 Å². The van der Waals surface area contributed by atoms with Crippen LogP contribution in [0.1, 0.15) is 50.8 Å². The molecule has 0 amide bonds. The van der Waals surface area contributed by atoms with E-state index >= 15 is 0 Å². The molecule has 3 aromatic rings. The highest BCUT2D eigenvalue weighted by atomic mass is 16.5. The molecule has 188 valence electrons. The second kappa shape index (κ2) is 10.3. The molecule has 2 atom stereocenters. The van der Waals surface area contributed by atoms with E-state index in [4.69, 9.17) is 4.74 Å². The second-order valence-corrected chi connectivity index (χ2v) is 10.1. The molecular formula is C28H34N6O2. The van der Waals surface area contributed by atoms with Gasteiger partial charge in [-0.1, -0.05) is 26.0 Å². The monoisotopic (exact) mass is 486 g/mol. The third-order valence-electron chi connectivity index (χ3n) is 7.57. The fourth-order valence-electron chi connectivity index (χ4n) is 5.10. The number of fused-ring (bicyclic) bond motifs is 1. The van der Waals surface area contributed by atoms with Gasteiger partial charge >= 0.3 is 5.69 Å². The molecule has 1 aliphatic carbocycles. The number of rotatable bonds is 8. The minimum atomic E-state index is -0.307. The van der Waals surface area contributed by atoms with Crippen molar-refractivity contribution in [3.8, 4) is 11.8 Å². The molecular weight excluding hydrogens is 452 g/mol. The van der Waals surface area contributed by atoms with Crippen molar-refractivity contribution in [3.63, 3.8) is 0 Å². The highest BCUT2D eigenvalue weighted by molar-refractivity contribution is 5.86. The topological polar surface area (TPSA) is 87.3 Å². The van der Waals surface area contributed by atoms with E-state index in [0.29, 0.717) is 28.6 Å². The fraction of sp³-hybridized carbons (Fsp3) is 0.500. The van der Waals surface area contributed by atoms with Crippen molar-refractivity contribution in [2.45, 2.75) is 58.2 Å². The average molecular weight is 487 g/mol. The lowest BCUT2D eigenvalue weighted by Gasteiger charge is -2.47. The molecule has 2 aliphatic rings. The van der Waals surface area contributed by atoms with E-state index < -0.39 is 0 Å². The smallest absolute Gasteiger partial charge is 0.349 e. The quantitative estimate of drug-likeness (QED) is 0.478. The Hall–Kier alpha value is -3.44. The molecule has 1 aliphatic heterocycles. The largest absolute Gasteiger partial charge is 0.493 e. The molecule has 36 heavy (non-hydrogen) atoms. The first-order valence-corrected chi connectivity index (χ1v) is 13.0. The Kier molecular flexibility index (Phi) is 6.92. The molecule has 1 saturated heterocycles. The normalized spacial score (nSPS) is 20.4. The molecule has 1 aromatic carbocycles. The standard InChI is InChI=1S/C28H34N6O2/c1-4-22-17-34(27-26-25(32(3)28(35)31-27)13-10-21(14-29)30-26)23(5-2)16-33(22)15-19-8-11-24(12-9-19)36-18-20-6-7-20/h8-13,20,22-23H,4-7,15-18H2,1-3H3/t22-,23+/m1/s1. The lowest BCUT2D eigenvalue weighted by molar-refractivity contribution is 0.136. The minimum Gasteiger partial charge on any atom is -0.493 e. The maximum Gasteiger partial charge on any atom is 0.349 e. The lowest BCUT2D eigenvalue weighted by Crippen LogP contribution is -2.58. The van der Waals surface area contributed by atoms with Gasteiger partial charge in [-0.2, -0.15) is 10.2 Å². The first-order chi connectivity index (χ1) is 17.5. The number of pyridine rings is 1. The Labute approximate surface area is 212 Å². The number of anilines is 1. The zero-order valence-corrected chi connectivity index (χ0v) is 21.4. The molecule has 3 heterocycles. The van der Waals surface area contributed by atoms with E-state index in [1.165, 1.54) is 23.0 Å². The van der Waals surface area contributed by atoms with Crippen LogP contribution in [-0.2, 0) is 13.6 Å². The maximum absolute atomic E-state index is 12.7. The SMILES string of the molecule is CC[C@@H]1CN(c2nc(=O)n(C)c3ccc(C#N)nc23)[C@@H](CC)CN1Cc1ccc(OCC2CC2)cc1. The Morgan fingerprint density at radius 3 is 2.44 bits per heavy atom. The summed E-state index contributed by atoms with van der Waals surface area (Å²) in [5.74, 6) is 2.28. The van der Waals surface area contributed by atoms with Gasteiger partial charge in [-0.25, -0.2) is 9.78 Å². The van der Waals surface area contributed by atoms with Crippen molar-refractivity contribution in [3.05, 3.63) is 58.1 Å². The maximum atomic E-state index is 12.7. The first-order valence-electron chi connectivity index (χ1n) is 13.0. The van der Waals surface area contributed by atoms with Gasteiger partial charge in [-0.3, -0.25) is 9.47 Å². The Bertz CT molecular complexity index is 1320. The van der Waals surface area contributed by atoms with Crippen molar-refractivity contribution < 1.29 is 4.74 Å². The fourth-order valence-corrected chi connectivity index (χ4v) is 5.10. The van der Waals surface area contributed by atoms with Crippen LogP contribution in [0.3, 0.4) is 0 Å². The van der Waals surface area contributed by atoms with E-state index in [0.717, 1.165) is 50.8 Å². The van der Waals surface area contributed by atoms with E-state index in [1.54, 1.807) is 19.2 Å². The summed E-state index contributed by atoms with van der Waals surface area (Å²) in [5.41, 5.74) is 2.59. The molecule has 2 fully saturated rings. The van der Waals surface area contributed by atoms with Crippen LogP contribution in [0.15, 0.2) is 41.2 Å². The van der Waals surface area contributed by atoms with Crippen LogP contribution in [0.2, 0.25) is 0 Å². The number of hydrogen-bond donors (Lipinski definition) is 0. The van der Waals surface area contributed by atoms with Gasteiger partial charge in [0.15, 0.2) is 5.82 Å².